The zero-order chi connectivity index (χ0) is 14.3. The Labute approximate surface area is 116 Å². The molecule has 3 N–H and O–H groups in total. The first-order chi connectivity index (χ1) is 9.08. The summed E-state index contributed by atoms with van der Waals surface area (Å²) in [5, 5.41) is 3.01. The Morgan fingerprint density at radius 1 is 1.37 bits per heavy atom. The Bertz CT molecular complexity index is 404. The van der Waals surface area contributed by atoms with Crippen molar-refractivity contribution in [1.82, 2.24) is 4.90 Å². The van der Waals surface area contributed by atoms with Gasteiger partial charge in [-0.1, -0.05) is 31.5 Å². The second-order valence-corrected chi connectivity index (χ2v) is 5.11. The summed E-state index contributed by atoms with van der Waals surface area (Å²) in [4.78, 5) is 14.2. The number of rotatable bonds is 7. The molecule has 0 aromatic heterocycles. The van der Waals surface area contributed by atoms with Crippen molar-refractivity contribution in [3.05, 3.63) is 29.8 Å². The Kier molecular flexibility index (Phi) is 6.53. The lowest BCUT2D eigenvalue weighted by Gasteiger charge is -2.18. The molecule has 1 rings (SSSR count). The lowest BCUT2D eigenvalue weighted by molar-refractivity contribution is -0.119. The fraction of sp³-hybridized carbons (Fsp3) is 0.533. The second-order valence-electron chi connectivity index (χ2n) is 5.11. The zero-order valence-electron chi connectivity index (χ0n) is 12.1. The molecule has 0 spiro atoms. The maximum Gasteiger partial charge on any atom is 0.228 e. The van der Waals surface area contributed by atoms with Gasteiger partial charge >= 0.3 is 0 Å². The first-order valence-corrected chi connectivity index (χ1v) is 6.82. The minimum atomic E-state index is -0.0996. The molecule has 106 valence electrons. The number of anilines is 1. The van der Waals surface area contributed by atoms with E-state index in [1.54, 1.807) is 0 Å². The van der Waals surface area contributed by atoms with E-state index in [2.05, 4.69) is 17.1 Å². The third-order valence-corrected chi connectivity index (χ3v) is 3.05. The number of para-hydroxylation sites is 1. The molecule has 0 saturated carbocycles. The van der Waals surface area contributed by atoms with E-state index in [0.717, 1.165) is 30.6 Å². The third-order valence-electron chi connectivity index (χ3n) is 3.05. The van der Waals surface area contributed by atoms with Crippen LogP contribution in [0.3, 0.4) is 0 Å². The van der Waals surface area contributed by atoms with E-state index < -0.39 is 0 Å². The van der Waals surface area contributed by atoms with Gasteiger partial charge in [-0.3, -0.25) is 4.79 Å². The van der Waals surface area contributed by atoms with E-state index >= 15 is 0 Å². The van der Waals surface area contributed by atoms with Crippen LogP contribution in [0.2, 0.25) is 0 Å². The van der Waals surface area contributed by atoms with Crippen LogP contribution in [0.25, 0.3) is 0 Å². The number of hydrogen-bond acceptors (Lipinski definition) is 3. The van der Waals surface area contributed by atoms with Crippen LogP contribution in [0, 0.1) is 5.92 Å². The van der Waals surface area contributed by atoms with Gasteiger partial charge in [-0.2, -0.15) is 0 Å². The van der Waals surface area contributed by atoms with Gasteiger partial charge in [0.15, 0.2) is 0 Å². The minimum Gasteiger partial charge on any atom is -0.330 e. The van der Waals surface area contributed by atoms with E-state index in [4.69, 9.17) is 5.73 Å². The average Bonchev–Trinajstić information content (AvgIpc) is 2.37. The highest BCUT2D eigenvalue weighted by Gasteiger charge is 2.16. The topological polar surface area (TPSA) is 58.4 Å². The van der Waals surface area contributed by atoms with Crippen LogP contribution in [0.15, 0.2) is 24.3 Å². The van der Waals surface area contributed by atoms with Gasteiger partial charge in [0, 0.05) is 18.8 Å². The fourth-order valence-corrected chi connectivity index (χ4v) is 2.06. The summed E-state index contributed by atoms with van der Waals surface area (Å²) in [6.07, 6.45) is 1.80. The van der Waals surface area contributed by atoms with Crippen molar-refractivity contribution < 1.29 is 4.79 Å². The quantitative estimate of drug-likeness (QED) is 0.791. The first-order valence-electron chi connectivity index (χ1n) is 6.82. The lowest BCUT2D eigenvalue weighted by atomic mass is 10.0. The molecule has 0 saturated heterocycles. The predicted molar refractivity (Wildman–Crippen MR) is 79.9 cm³/mol. The Morgan fingerprint density at radius 2 is 2.05 bits per heavy atom. The monoisotopic (exact) mass is 263 g/mol. The van der Waals surface area contributed by atoms with Crippen LogP contribution < -0.4 is 11.1 Å². The van der Waals surface area contributed by atoms with Crippen molar-refractivity contribution in [3.8, 4) is 0 Å². The van der Waals surface area contributed by atoms with Gasteiger partial charge in [-0.15, -0.1) is 0 Å². The third kappa shape index (κ3) is 5.01. The smallest absolute Gasteiger partial charge is 0.228 e. The molecule has 1 atom stereocenters. The van der Waals surface area contributed by atoms with Gasteiger partial charge in [0.2, 0.25) is 5.91 Å². The summed E-state index contributed by atoms with van der Waals surface area (Å²) in [5.74, 6) is -0.0760. The van der Waals surface area contributed by atoms with Gasteiger partial charge < -0.3 is 16.0 Å². The molecule has 1 unspecified atom stereocenters. The van der Waals surface area contributed by atoms with E-state index in [1.807, 2.05) is 38.4 Å². The van der Waals surface area contributed by atoms with Crippen LogP contribution in [0.4, 0.5) is 5.69 Å². The molecule has 1 amide bonds. The maximum absolute atomic E-state index is 12.2. The molecule has 1 aromatic rings. The Balaban J connectivity index is 2.78. The number of carbonyl (C=O) groups excluding carboxylic acids is 1. The van der Waals surface area contributed by atoms with Crippen molar-refractivity contribution in [3.63, 3.8) is 0 Å². The largest absolute Gasteiger partial charge is 0.330 e. The van der Waals surface area contributed by atoms with Crippen molar-refractivity contribution in [2.45, 2.75) is 26.3 Å². The maximum atomic E-state index is 12.2. The standard InChI is InChI=1S/C15H25N3O/c1-4-7-12(10-16)15(19)17-14-9-6-5-8-13(14)11-18(2)3/h5-6,8-9,12H,4,7,10-11,16H2,1-3H3,(H,17,19). The first kappa shape index (κ1) is 15.7. The number of benzene rings is 1. The van der Waals surface area contributed by atoms with Gasteiger partial charge in [0.05, 0.1) is 5.92 Å². The summed E-state index contributed by atoms with van der Waals surface area (Å²) in [6, 6.07) is 7.90. The van der Waals surface area contributed by atoms with Gasteiger partial charge in [0.1, 0.15) is 0 Å². The predicted octanol–water partition coefficient (Wildman–Crippen LogP) is 2.06. The number of carbonyl (C=O) groups is 1. The highest BCUT2D eigenvalue weighted by atomic mass is 16.1. The van der Waals surface area contributed by atoms with Crippen LogP contribution in [-0.4, -0.2) is 31.4 Å². The van der Waals surface area contributed by atoms with Gasteiger partial charge in [-0.05, 0) is 32.1 Å². The summed E-state index contributed by atoms with van der Waals surface area (Å²) >= 11 is 0. The number of nitrogens with one attached hydrogen (secondary N) is 1. The molecule has 0 bridgehead atoms. The highest BCUT2D eigenvalue weighted by molar-refractivity contribution is 5.93. The molecular formula is C15H25N3O. The molecule has 19 heavy (non-hydrogen) atoms. The van der Waals surface area contributed by atoms with Crippen LogP contribution in [0.1, 0.15) is 25.3 Å². The molecular weight excluding hydrogens is 238 g/mol. The fourth-order valence-electron chi connectivity index (χ4n) is 2.06. The van der Waals surface area contributed by atoms with Gasteiger partial charge in [0.25, 0.3) is 0 Å². The van der Waals surface area contributed by atoms with Crippen LogP contribution in [0.5, 0.6) is 0 Å². The molecule has 0 aliphatic rings. The van der Waals surface area contributed by atoms with E-state index in [0.29, 0.717) is 6.54 Å². The van der Waals surface area contributed by atoms with E-state index in [9.17, 15) is 4.79 Å². The van der Waals surface area contributed by atoms with Crippen molar-refractivity contribution in [2.24, 2.45) is 11.7 Å². The Hall–Kier alpha value is -1.39. The average molecular weight is 263 g/mol. The summed E-state index contributed by atoms with van der Waals surface area (Å²) < 4.78 is 0. The van der Waals surface area contributed by atoms with E-state index in [1.165, 1.54) is 0 Å². The normalized spacial score (nSPS) is 12.5. The van der Waals surface area contributed by atoms with Gasteiger partial charge in [-0.25, -0.2) is 0 Å². The molecule has 0 radical (unpaired) electrons. The molecule has 1 aromatic carbocycles. The molecule has 4 heteroatoms. The zero-order valence-corrected chi connectivity index (χ0v) is 12.1. The summed E-state index contributed by atoms with van der Waals surface area (Å²) in [6.45, 7) is 3.27. The number of amides is 1. The molecule has 4 nitrogen and oxygen atoms in total. The summed E-state index contributed by atoms with van der Waals surface area (Å²) in [7, 11) is 4.02. The van der Waals surface area contributed by atoms with Crippen molar-refractivity contribution >= 4 is 11.6 Å². The molecule has 0 aliphatic carbocycles. The van der Waals surface area contributed by atoms with Crippen molar-refractivity contribution in [2.75, 3.05) is 26.0 Å². The molecule has 0 aliphatic heterocycles. The van der Waals surface area contributed by atoms with Crippen LogP contribution in [-0.2, 0) is 11.3 Å². The summed E-state index contributed by atoms with van der Waals surface area (Å²) in [5.41, 5.74) is 7.67. The molecule has 0 heterocycles. The highest BCUT2D eigenvalue weighted by Crippen LogP contribution is 2.18. The second kappa shape index (κ2) is 7.92. The number of nitrogens with two attached hydrogens (primary N) is 1. The lowest BCUT2D eigenvalue weighted by Crippen LogP contribution is -2.29. The Morgan fingerprint density at radius 3 is 2.63 bits per heavy atom. The SMILES string of the molecule is CCCC(CN)C(=O)Nc1ccccc1CN(C)C. The van der Waals surface area contributed by atoms with Crippen molar-refractivity contribution in [1.29, 1.82) is 0 Å². The van der Waals surface area contributed by atoms with Crippen LogP contribution >= 0.6 is 0 Å². The van der Waals surface area contributed by atoms with E-state index in [-0.39, 0.29) is 11.8 Å². The number of nitrogens with zero attached hydrogens (tertiary/aromatic N) is 1. The molecule has 0 fully saturated rings. The number of hydrogen-bond donors (Lipinski definition) is 2. The minimum absolute atomic E-state index is 0.0237.